The minimum atomic E-state index is -3.30. The molecule has 0 aliphatic carbocycles. The second-order valence-electron chi connectivity index (χ2n) is 6.40. The molecule has 2 atom stereocenters. The summed E-state index contributed by atoms with van der Waals surface area (Å²) in [5.74, 6) is 0.799. The van der Waals surface area contributed by atoms with Gasteiger partial charge >= 0.3 is 0 Å². The summed E-state index contributed by atoms with van der Waals surface area (Å²) in [5, 5.41) is 3.22. The molecule has 1 saturated heterocycles. The minimum Gasteiger partial charge on any atom is -0.373 e. The van der Waals surface area contributed by atoms with Crippen molar-refractivity contribution >= 4 is 16.0 Å². The smallest absolute Gasteiger partial charge is 0.216 e. The van der Waals surface area contributed by atoms with Gasteiger partial charge in [0.15, 0.2) is 5.96 Å². The number of hydrogen-bond donors (Lipinski definition) is 1. The van der Waals surface area contributed by atoms with Crippen LogP contribution in [0, 0.1) is 0 Å². The highest BCUT2D eigenvalue weighted by Gasteiger charge is 2.30. The van der Waals surface area contributed by atoms with E-state index in [0.717, 1.165) is 31.9 Å². The number of nitrogens with zero attached hydrogens (tertiary/aromatic N) is 3. The van der Waals surface area contributed by atoms with Gasteiger partial charge in [-0.15, -0.1) is 0 Å². The van der Waals surface area contributed by atoms with E-state index in [-0.39, 0.29) is 24.5 Å². The number of ether oxygens (including phenoxy) is 1. The number of sulfonamides is 1. The summed E-state index contributed by atoms with van der Waals surface area (Å²) < 4.78 is 32.2. The highest BCUT2D eigenvalue weighted by Crippen LogP contribution is 2.14. The Balaban J connectivity index is 2.63. The third kappa shape index (κ3) is 6.94. The molecular formula is C16H34N4O3S. The van der Waals surface area contributed by atoms with E-state index < -0.39 is 10.0 Å². The van der Waals surface area contributed by atoms with Crippen LogP contribution in [0.2, 0.25) is 0 Å². The summed E-state index contributed by atoms with van der Waals surface area (Å²) in [5.41, 5.74) is 0. The van der Waals surface area contributed by atoms with Crippen molar-refractivity contribution in [1.29, 1.82) is 0 Å². The Morgan fingerprint density at radius 3 is 2.46 bits per heavy atom. The van der Waals surface area contributed by atoms with Crippen molar-refractivity contribution in [3.63, 3.8) is 0 Å². The third-order valence-electron chi connectivity index (χ3n) is 3.93. The first-order valence-electron chi connectivity index (χ1n) is 8.92. The first-order valence-corrected chi connectivity index (χ1v) is 10.5. The van der Waals surface area contributed by atoms with Crippen LogP contribution in [0.25, 0.3) is 0 Å². The van der Waals surface area contributed by atoms with Gasteiger partial charge in [-0.2, -0.15) is 4.31 Å². The van der Waals surface area contributed by atoms with Crippen molar-refractivity contribution in [2.45, 2.75) is 52.7 Å². The van der Waals surface area contributed by atoms with Crippen molar-refractivity contribution in [3.8, 4) is 0 Å². The van der Waals surface area contributed by atoms with Crippen molar-refractivity contribution in [1.82, 2.24) is 14.5 Å². The van der Waals surface area contributed by atoms with E-state index in [4.69, 9.17) is 4.74 Å². The molecule has 0 bridgehead atoms. The fourth-order valence-corrected chi connectivity index (χ4v) is 4.18. The molecule has 0 aromatic heterocycles. The standard InChI is InChI=1S/C16H34N4O3S/c1-6-8-10-19(5)16(17-7-2)18-9-11-24(21,22)20-12-14(3)23-15(4)13-20/h14-15H,6-13H2,1-5H3,(H,17,18). The number of rotatable bonds is 8. The van der Waals surface area contributed by atoms with Crippen LogP contribution in [0.3, 0.4) is 0 Å². The molecule has 142 valence electrons. The number of aliphatic imine (C=N–C) groups is 1. The highest BCUT2D eigenvalue weighted by atomic mass is 32.2. The molecular weight excluding hydrogens is 328 g/mol. The fraction of sp³-hybridized carbons (Fsp3) is 0.938. The molecule has 2 unspecified atom stereocenters. The molecule has 1 aliphatic rings. The first-order chi connectivity index (χ1) is 11.3. The molecule has 8 heteroatoms. The van der Waals surface area contributed by atoms with Gasteiger partial charge in [0.05, 0.1) is 24.5 Å². The minimum absolute atomic E-state index is 0.0307. The zero-order valence-corrected chi connectivity index (χ0v) is 16.6. The lowest BCUT2D eigenvalue weighted by atomic mass is 10.3. The zero-order valence-electron chi connectivity index (χ0n) is 15.8. The van der Waals surface area contributed by atoms with Crippen LogP contribution in [-0.4, -0.2) is 81.3 Å². The van der Waals surface area contributed by atoms with Crippen LogP contribution in [0.4, 0.5) is 0 Å². The van der Waals surface area contributed by atoms with E-state index in [0.29, 0.717) is 13.1 Å². The van der Waals surface area contributed by atoms with Crippen molar-refractivity contribution in [2.24, 2.45) is 4.99 Å². The van der Waals surface area contributed by atoms with Crippen LogP contribution < -0.4 is 5.32 Å². The van der Waals surface area contributed by atoms with Crippen LogP contribution in [0.15, 0.2) is 4.99 Å². The zero-order chi connectivity index (χ0) is 18.2. The van der Waals surface area contributed by atoms with Crippen molar-refractivity contribution < 1.29 is 13.2 Å². The predicted octanol–water partition coefficient (Wildman–Crippen LogP) is 1.12. The van der Waals surface area contributed by atoms with Crippen molar-refractivity contribution in [3.05, 3.63) is 0 Å². The molecule has 1 heterocycles. The van der Waals surface area contributed by atoms with Crippen LogP contribution >= 0.6 is 0 Å². The Hall–Kier alpha value is -0.860. The maximum Gasteiger partial charge on any atom is 0.216 e. The summed E-state index contributed by atoms with van der Waals surface area (Å²) in [6, 6.07) is 0. The Morgan fingerprint density at radius 1 is 1.29 bits per heavy atom. The van der Waals surface area contributed by atoms with Gasteiger partial charge < -0.3 is 15.0 Å². The molecule has 0 saturated carbocycles. The average molecular weight is 363 g/mol. The molecule has 7 nitrogen and oxygen atoms in total. The lowest BCUT2D eigenvalue weighted by molar-refractivity contribution is -0.0440. The molecule has 1 rings (SSSR count). The van der Waals surface area contributed by atoms with Gasteiger partial charge in [0, 0.05) is 33.2 Å². The lowest BCUT2D eigenvalue weighted by Crippen LogP contribution is -2.49. The Bertz CT molecular complexity index is 486. The summed E-state index contributed by atoms with van der Waals surface area (Å²) >= 11 is 0. The van der Waals surface area contributed by atoms with Crippen LogP contribution in [-0.2, 0) is 14.8 Å². The number of guanidine groups is 1. The molecule has 0 aromatic rings. The highest BCUT2D eigenvalue weighted by molar-refractivity contribution is 7.89. The first kappa shape index (κ1) is 21.2. The van der Waals surface area contributed by atoms with E-state index >= 15 is 0 Å². The molecule has 0 aromatic carbocycles. The molecule has 0 spiro atoms. The maximum absolute atomic E-state index is 12.5. The topological polar surface area (TPSA) is 74.2 Å². The molecule has 24 heavy (non-hydrogen) atoms. The second-order valence-corrected chi connectivity index (χ2v) is 8.49. The Morgan fingerprint density at radius 2 is 1.92 bits per heavy atom. The van der Waals surface area contributed by atoms with Gasteiger partial charge in [0.1, 0.15) is 0 Å². The molecule has 1 N–H and O–H groups in total. The van der Waals surface area contributed by atoms with Gasteiger partial charge in [-0.3, -0.25) is 4.99 Å². The van der Waals surface area contributed by atoms with Crippen molar-refractivity contribution in [2.75, 3.05) is 45.5 Å². The largest absolute Gasteiger partial charge is 0.373 e. The predicted molar refractivity (Wildman–Crippen MR) is 98.9 cm³/mol. The summed E-state index contributed by atoms with van der Waals surface area (Å²) in [4.78, 5) is 6.53. The van der Waals surface area contributed by atoms with E-state index in [1.165, 1.54) is 4.31 Å². The van der Waals surface area contributed by atoms with Gasteiger partial charge in [0.2, 0.25) is 10.0 Å². The summed E-state index contributed by atoms with van der Waals surface area (Å²) in [6.45, 7) is 10.8. The molecule has 0 amide bonds. The third-order valence-corrected chi connectivity index (χ3v) is 5.72. The van der Waals surface area contributed by atoms with E-state index in [1.54, 1.807) is 0 Å². The van der Waals surface area contributed by atoms with Gasteiger partial charge in [-0.1, -0.05) is 13.3 Å². The monoisotopic (exact) mass is 362 g/mol. The quantitative estimate of drug-likeness (QED) is 0.517. The normalized spacial score (nSPS) is 23.3. The lowest BCUT2D eigenvalue weighted by Gasteiger charge is -2.34. The average Bonchev–Trinajstić information content (AvgIpc) is 2.50. The summed E-state index contributed by atoms with van der Waals surface area (Å²) in [7, 11) is -1.32. The van der Waals surface area contributed by atoms with Gasteiger partial charge in [-0.25, -0.2) is 8.42 Å². The number of unbranched alkanes of at least 4 members (excludes halogenated alkanes) is 1. The van der Waals surface area contributed by atoms with E-state index in [9.17, 15) is 8.42 Å². The number of hydrogen-bond acceptors (Lipinski definition) is 4. The van der Waals surface area contributed by atoms with E-state index in [1.807, 2.05) is 27.8 Å². The number of morpholine rings is 1. The second kappa shape index (κ2) is 10.2. The Labute approximate surface area is 147 Å². The van der Waals surface area contributed by atoms with Crippen LogP contribution in [0.5, 0.6) is 0 Å². The van der Waals surface area contributed by atoms with Gasteiger partial charge in [0.25, 0.3) is 0 Å². The van der Waals surface area contributed by atoms with E-state index in [2.05, 4.69) is 22.1 Å². The van der Waals surface area contributed by atoms with Crippen LogP contribution in [0.1, 0.15) is 40.5 Å². The number of nitrogens with one attached hydrogen (secondary N) is 1. The SMILES string of the molecule is CCCCN(C)C(=NCCS(=O)(=O)N1CC(C)OC(C)C1)NCC. The van der Waals surface area contributed by atoms with Gasteiger partial charge in [-0.05, 0) is 27.2 Å². The molecule has 0 radical (unpaired) electrons. The maximum atomic E-state index is 12.5. The summed E-state index contributed by atoms with van der Waals surface area (Å²) in [6.07, 6.45) is 2.07. The Kier molecular flexibility index (Phi) is 9.01. The molecule has 1 aliphatic heterocycles. The molecule has 1 fully saturated rings. The fourth-order valence-electron chi connectivity index (χ4n) is 2.72.